The van der Waals surface area contributed by atoms with Crippen molar-refractivity contribution in [1.29, 1.82) is 0 Å². The van der Waals surface area contributed by atoms with Crippen molar-refractivity contribution >= 4 is 0 Å². The lowest BCUT2D eigenvalue weighted by Crippen LogP contribution is -2.32. The molecule has 0 heterocycles. The third-order valence-electron chi connectivity index (χ3n) is 3.73. The van der Waals surface area contributed by atoms with E-state index in [-0.39, 0.29) is 12.1 Å². The average molecular weight is 265 g/mol. The van der Waals surface area contributed by atoms with E-state index >= 15 is 0 Å². The van der Waals surface area contributed by atoms with Crippen molar-refractivity contribution in [3.8, 4) is 11.5 Å². The van der Waals surface area contributed by atoms with Gasteiger partial charge in [-0.3, -0.25) is 0 Å². The summed E-state index contributed by atoms with van der Waals surface area (Å²) < 4.78 is 16.4. The highest BCUT2D eigenvalue weighted by molar-refractivity contribution is 5.40. The van der Waals surface area contributed by atoms with Crippen LogP contribution in [0, 0.1) is 5.92 Å². The molecule has 0 spiro atoms. The summed E-state index contributed by atoms with van der Waals surface area (Å²) in [6.07, 6.45) is 2.69. The highest BCUT2D eigenvalue weighted by Crippen LogP contribution is 2.40. The molecule has 1 aromatic rings. The molecule has 1 aliphatic rings. The van der Waals surface area contributed by atoms with Gasteiger partial charge in [0.15, 0.2) is 0 Å². The lowest BCUT2D eigenvalue weighted by molar-refractivity contribution is 0.0529. The Bertz CT molecular complexity index is 396. The van der Waals surface area contributed by atoms with Gasteiger partial charge in [-0.05, 0) is 43.5 Å². The lowest BCUT2D eigenvalue weighted by atomic mass is 9.97. The Hall–Kier alpha value is -1.26. The number of nitrogens with one attached hydrogen (secondary N) is 1. The zero-order chi connectivity index (χ0) is 13.8. The second-order valence-electron chi connectivity index (χ2n) is 4.95. The molecule has 1 aromatic carbocycles. The molecule has 1 saturated carbocycles. The van der Waals surface area contributed by atoms with Crippen LogP contribution in [-0.4, -0.2) is 34.5 Å². The fourth-order valence-electron chi connectivity index (χ4n) is 2.56. The Balaban J connectivity index is 2.30. The average Bonchev–Trinajstić information content (AvgIpc) is 3.28. The number of hydrogen-bond acceptors (Lipinski definition) is 4. The van der Waals surface area contributed by atoms with Gasteiger partial charge in [-0.15, -0.1) is 0 Å². The van der Waals surface area contributed by atoms with Crippen LogP contribution in [0.4, 0.5) is 0 Å². The zero-order valence-electron chi connectivity index (χ0n) is 12.1. The fraction of sp³-hybridized carbons (Fsp3) is 0.600. The van der Waals surface area contributed by atoms with Gasteiger partial charge in [0.25, 0.3) is 0 Å². The minimum Gasteiger partial charge on any atom is -0.497 e. The van der Waals surface area contributed by atoms with E-state index in [9.17, 15) is 0 Å². The minimum absolute atomic E-state index is 0.154. The number of methoxy groups -OCH3 is 3. The van der Waals surface area contributed by atoms with E-state index in [0.29, 0.717) is 5.92 Å². The van der Waals surface area contributed by atoms with Crippen molar-refractivity contribution in [1.82, 2.24) is 5.32 Å². The van der Waals surface area contributed by atoms with Gasteiger partial charge in [0.05, 0.1) is 26.4 Å². The van der Waals surface area contributed by atoms with Gasteiger partial charge in [0.1, 0.15) is 11.5 Å². The maximum atomic E-state index is 5.68. The van der Waals surface area contributed by atoms with E-state index < -0.39 is 0 Å². The summed E-state index contributed by atoms with van der Waals surface area (Å²) in [7, 11) is 7.08. The van der Waals surface area contributed by atoms with E-state index in [1.165, 1.54) is 12.8 Å². The molecule has 2 unspecified atom stereocenters. The van der Waals surface area contributed by atoms with E-state index in [4.69, 9.17) is 14.2 Å². The molecule has 0 radical (unpaired) electrons. The molecule has 4 nitrogen and oxygen atoms in total. The molecular formula is C15H23NO3. The second kappa shape index (κ2) is 6.26. The maximum Gasteiger partial charge on any atom is 0.122 e. The lowest BCUT2D eigenvalue weighted by Gasteiger charge is -2.26. The molecule has 4 heteroatoms. The molecular weight excluding hydrogens is 242 g/mol. The van der Waals surface area contributed by atoms with Gasteiger partial charge in [-0.25, -0.2) is 0 Å². The molecule has 1 N–H and O–H groups in total. The van der Waals surface area contributed by atoms with E-state index in [1.807, 2.05) is 25.2 Å². The molecule has 1 aliphatic carbocycles. The second-order valence-corrected chi connectivity index (χ2v) is 4.95. The first-order valence-electron chi connectivity index (χ1n) is 6.66. The minimum atomic E-state index is 0.154. The van der Waals surface area contributed by atoms with Gasteiger partial charge < -0.3 is 19.5 Å². The van der Waals surface area contributed by atoms with Crippen molar-refractivity contribution < 1.29 is 14.2 Å². The fourth-order valence-corrected chi connectivity index (χ4v) is 2.56. The summed E-state index contributed by atoms with van der Waals surface area (Å²) in [6, 6.07) is 6.12. The predicted octanol–water partition coefficient (Wildman–Crippen LogP) is 2.39. The van der Waals surface area contributed by atoms with Gasteiger partial charge in [0.2, 0.25) is 0 Å². The number of likely N-dealkylation sites (N-methyl/N-ethyl adjacent to an activating group) is 1. The van der Waals surface area contributed by atoms with Crippen LogP contribution in [0.3, 0.4) is 0 Å². The van der Waals surface area contributed by atoms with Crippen LogP contribution in [0.2, 0.25) is 0 Å². The molecule has 0 aliphatic heterocycles. The quantitative estimate of drug-likeness (QED) is 0.821. The molecule has 106 valence electrons. The third-order valence-corrected chi connectivity index (χ3v) is 3.73. The summed E-state index contributed by atoms with van der Waals surface area (Å²) in [4.78, 5) is 0. The Labute approximate surface area is 115 Å². The third kappa shape index (κ3) is 3.19. The van der Waals surface area contributed by atoms with Gasteiger partial charge in [-0.2, -0.15) is 0 Å². The van der Waals surface area contributed by atoms with E-state index in [2.05, 4.69) is 5.32 Å². The Morgan fingerprint density at radius 2 is 1.63 bits per heavy atom. The first-order chi connectivity index (χ1) is 9.23. The maximum absolute atomic E-state index is 5.68. The van der Waals surface area contributed by atoms with Crippen molar-refractivity contribution in [2.24, 2.45) is 5.92 Å². The Morgan fingerprint density at radius 1 is 1.05 bits per heavy atom. The predicted molar refractivity (Wildman–Crippen MR) is 74.9 cm³/mol. The highest BCUT2D eigenvalue weighted by Gasteiger charge is 2.37. The van der Waals surface area contributed by atoms with Crippen molar-refractivity contribution in [3.05, 3.63) is 23.8 Å². The molecule has 0 saturated heterocycles. The van der Waals surface area contributed by atoms with Crippen molar-refractivity contribution in [2.45, 2.75) is 25.0 Å². The Morgan fingerprint density at radius 3 is 2.00 bits per heavy atom. The summed E-state index contributed by atoms with van der Waals surface area (Å²) in [5, 5.41) is 3.36. The molecule has 19 heavy (non-hydrogen) atoms. The zero-order valence-corrected chi connectivity index (χ0v) is 12.1. The number of ether oxygens (including phenoxy) is 3. The van der Waals surface area contributed by atoms with Crippen molar-refractivity contribution in [2.75, 3.05) is 28.4 Å². The summed E-state index contributed by atoms with van der Waals surface area (Å²) in [5.74, 6) is 2.26. The molecule has 2 rings (SSSR count). The summed E-state index contributed by atoms with van der Waals surface area (Å²) in [5.41, 5.74) is 1.14. The molecule has 2 atom stereocenters. The van der Waals surface area contributed by atoms with Crippen molar-refractivity contribution in [3.63, 3.8) is 0 Å². The summed E-state index contributed by atoms with van der Waals surface area (Å²) in [6.45, 7) is 0. The smallest absolute Gasteiger partial charge is 0.122 e. The van der Waals surface area contributed by atoms with Crippen LogP contribution in [0.15, 0.2) is 18.2 Å². The first kappa shape index (κ1) is 14.2. The van der Waals surface area contributed by atoms with Crippen LogP contribution in [0.5, 0.6) is 11.5 Å². The van der Waals surface area contributed by atoms with E-state index in [1.54, 1.807) is 21.3 Å². The van der Waals surface area contributed by atoms with Crippen LogP contribution in [0.1, 0.15) is 24.4 Å². The van der Waals surface area contributed by atoms with E-state index in [0.717, 1.165) is 17.1 Å². The van der Waals surface area contributed by atoms with Crippen LogP contribution in [0.25, 0.3) is 0 Å². The van der Waals surface area contributed by atoms with Crippen LogP contribution < -0.4 is 14.8 Å². The van der Waals surface area contributed by atoms with Crippen LogP contribution in [-0.2, 0) is 4.74 Å². The largest absolute Gasteiger partial charge is 0.497 e. The normalized spacial score (nSPS) is 17.9. The monoisotopic (exact) mass is 265 g/mol. The summed E-state index contributed by atoms with van der Waals surface area (Å²) >= 11 is 0. The van der Waals surface area contributed by atoms with Gasteiger partial charge >= 0.3 is 0 Å². The van der Waals surface area contributed by atoms with Gasteiger partial charge in [-0.1, -0.05) is 0 Å². The van der Waals surface area contributed by atoms with Crippen LogP contribution >= 0.6 is 0 Å². The molecule has 0 bridgehead atoms. The highest BCUT2D eigenvalue weighted by atomic mass is 16.5. The Kier molecular flexibility index (Phi) is 4.66. The number of rotatable bonds is 7. The SMILES string of the molecule is CNC(c1cc(OC)cc(OC)c1)C(OC)C1CC1. The molecule has 1 fully saturated rings. The first-order valence-corrected chi connectivity index (χ1v) is 6.66. The molecule has 0 aromatic heterocycles. The topological polar surface area (TPSA) is 39.7 Å². The number of benzene rings is 1. The van der Waals surface area contributed by atoms with Gasteiger partial charge in [0, 0.05) is 13.2 Å². The standard InChI is InChI=1S/C15H23NO3/c1-16-14(15(19-4)10-5-6-10)11-7-12(17-2)9-13(8-11)18-3/h7-10,14-16H,5-6H2,1-4H3. The number of hydrogen-bond donors (Lipinski definition) is 1. The molecule has 0 amide bonds.